The molecule has 0 spiro atoms. The third kappa shape index (κ3) is 4.34. The van der Waals surface area contributed by atoms with Gasteiger partial charge in [0.05, 0.1) is 23.3 Å². The van der Waals surface area contributed by atoms with E-state index in [1.807, 2.05) is 0 Å². The molecule has 1 aromatic carbocycles. The molecule has 31 heavy (non-hydrogen) atoms. The molecular weight excluding hydrogens is 445 g/mol. The van der Waals surface area contributed by atoms with E-state index >= 15 is 0 Å². The molecule has 3 heterocycles. The van der Waals surface area contributed by atoms with E-state index in [1.54, 1.807) is 12.3 Å². The molecule has 0 aliphatic carbocycles. The van der Waals surface area contributed by atoms with Crippen molar-refractivity contribution < 1.29 is 17.9 Å². The number of aliphatic hydroxyl groups excluding tert-OH is 1. The predicted molar refractivity (Wildman–Crippen MR) is 112 cm³/mol. The van der Waals surface area contributed by atoms with Crippen LogP contribution in [0.3, 0.4) is 0 Å². The number of pyridine rings is 2. The van der Waals surface area contributed by atoms with Crippen molar-refractivity contribution in [1.82, 2.24) is 20.2 Å². The molecule has 4 rings (SSSR count). The average Bonchev–Trinajstić information content (AvgIpc) is 3.22. The van der Waals surface area contributed by atoms with E-state index in [1.165, 1.54) is 36.7 Å². The van der Waals surface area contributed by atoms with Crippen molar-refractivity contribution >= 4 is 38.5 Å². The lowest BCUT2D eigenvalue weighted by Crippen LogP contribution is -2.17. The van der Waals surface area contributed by atoms with E-state index < -0.39 is 28.3 Å². The van der Waals surface area contributed by atoms with E-state index in [0.717, 1.165) is 5.39 Å². The number of rotatable bonds is 4. The number of aromatic amines is 1. The first-order valence-electron chi connectivity index (χ1n) is 8.75. The molecule has 0 aliphatic rings. The Balaban J connectivity index is 1.65. The molecule has 0 aliphatic heterocycles. The standard InChI is InChI=1S/C20H13ClFN5O3S/c21-16-3-4-17(15(8-16)11-28)31(29,30)27-20-18(22)13(5-6-23-20)2-1-12-7-14-10-25-26-19(14)24-9-12/h3-10,28H,11H2,(H,23,27)(H,24,25,26). The molecule has 0 saturated heterocycles. The third-order valence-electron chi connectivity index (χ3n) is 4.24. The smallest absolute Gasteiger partial charge is 0.263 e. The summed E-state index contributed by atoms with van der Waals surface area (Å²) in [4.78, 5) is 7.68. The highest BCUT2D eigenvalue weighted by Gasteiger charge is 2.21. The van der Waals surface area contributed by atoms with Gasteiger partial charge in [0.2, 0.25) is 0 Å². The number of halogens is 2. The fourth-order valence-corrected chi connectivity index (χ4v) is 4.19. The number of aromatic nitrogens is 4. The number of H-pyrrole nitrogens is 1. The van der Waals surface area contributed by atoms with Crippen molar-refractivity contribution in [1.29, 1.82) is 0 Å². The van der Waals surface area contributed by atoms with E-state index in [2.05, 4.69) is 36.7 Å². The van der Waals surface area contributed by atoms with Crippen LogP contribution < -0.4 is 4.72 Å². The average molecular weight is 458 g/mol. The quantitative estimate of drug-likeness (QED) is 0.405. The van der Waals surface area contributed by atoms with Crippen molar-refractivity contribution in [2.24, 2.45) is 0 Å². The van der Waals surface area contributed by atoms with Crippen molar-refractivity contribution in [3.05, 3.63) is 76.5 Å². The number of nitrogens with zero attached hydrogens (tertiary/aromatic N) is 3. The van der Waals surface area contributed by atoms with Gasteiger partial charge >= 0.3 is 0 Å². The summed E-state index contributed by atoms with van der Waals surface area (Å²) in [6.07, 6.45) is 4.33. The van der Waals surface area contributed by atoms with Crippen LogP contribution in [0.4, 0.5) is 10.2 Å². The maximum absolute atomic E-state index is 14.9. The second kappa shape index (κ2) is 8.31. The van der Waals surface area contributed by atoms with Gasteiger partial charge in [-0.25, -0.2) is 22.8 Å². The second-order valence-corrected chi connectivity index (χ2v) is 8.41. The van der Waals surface area contributed by atoms with Gasteiger partial charge in [-0.1, -0.05) is 23.4 Å². The summed E-state index contributed by atoms with van der Waals surface area (Å²) in [5.74, 6) is 3.98. The Labute approximate surface area is 181 Å². The third-order valence-corrected chi connectivity index (χ3v) is 5.91. The fraction of sp³-hybridized carbons (Fsp3) is 0.0500. The van der Waals surface area contributed by atoms with Gasteiger partial charge in [-0.2, -0.15) is 5.10 Å². The number of anilines is 1. The van der Waals surface area contributed by atoms with E-state index in [-0.39, 0.29) is 21.0 Å². The van der Waals surface area contributed by atoms with Crippen LogP contribution in [0.2, 0.25) is 5.02 Å². The van der Waals surface area contributed by atoms with Crippen LogP contribution in [-0.4, -0.2) is 33.7 Å². The molecule has 0 atom stereocenters. The maximum Gasteiger partial charge on any atom is 0.263 e. The van der Waals surface area contributed by atoms with Crippen LogP contribution in [0, 0.1) is 17.7 Å². The fourth-order valence-electron chi connectivity index (χ4n) is 2.77. The van der Waals surface area contributed by atoms with Gasteiger partial charge in [-0.05, 0) is 35.9 Å². The summed E-state index contributed by atoms with van der Waals surface area (Å²) in [5.41, 5.74) is 1.14. The summed E-state index contributed by atoms with van der Waals surface area (Å²) in [6, 6.07) is 6.94. The minimum absolute atomic E-state index is 0.0570. The van der Waals surface area contributed by atoms with Crippen LogP contribution in [0.25, 0.3) is 11.0 Å². The Bertz CT molecular complexity index is 1460. The topological polar surface area (TPSA) is 121 Å². The Hall–Kier alpha value is -3.52. The van der Waals surface area contributed by atoms with Crippen LogP contribution in [0.15, 0.2) is 53.8 Å². The molecule has 8 nitrogen and oxygen atoms in total. The highest BCUT2D eigenvalue weighted by Crippen LogP contribution is 2.24. The zero-order valence-corrected chi connectivity index (χ0v) is 17.2. The number of sulfonamides is 1. The maximum atomic E-state index is 14.9. The first kappa shape index (κ1) is 20.7. The molecule has 0 bridgehead atoms. The Kier molecular flexibility index (Phi) is 5.56. The van der Waals surface area contributed by atoms with Gasteiger partial charge in [-0.3, -0.25) is 9.82 Å². The lowest BCUT2D eigenvalue weighted by Gasteiger charge is -2.12. The Morgan fingerprint density at radius 3 is 2.81 bits per heavy atom. The molecule has 0 radical (unpaired) electrons. The van der Waals surface area contributed by atoms with Crippen LogP contribution in [0.5, 0.6) is 0 Å². The first-order valence-corrected chi connectivity index (χ1v) is 10.6. The van der Waals surface area contributed by atoms with E-state index in [4.69, 9.17) is 11.6 Å². The Morgan fingerprint density at radius 2 is 2.00 bits per heavy atom. The van der Waals surface area contributed by atoms with Crippen molar-refractivity contribution in [3.63, 3.8) is 0 Å². The molecule has 0 unspecified atom stereocenters. The monoisotopic (exact) mass is 457 g/mol. The first-order chi connectivity index (χ1) is 14.9. The molecule has 3 N–H and O–H groups in total. The summed E-state index contributed by atoms with van der Waals surface area (Å²) in [5, 5.41) is 17.0. The van der Waals surface area contributed by atoms with Crippen molar-refractivity contribution in [2.75, 3.05) is 4.72 Å². The largest absolute Gasteiger partial charge is 0.392 e. The zero-order chi connectivity index (χ0) is 22.0. The highest BCUT2D eigenvalue weighted by atomic mass is 35.5. The Morgan fingerprint density at radius 1 is 1.16 bits per heavy atom. The number of benzene rings is 1. The van der Waals surface area contributed by atoms with Crippen LogP contribution in [0.1, 0.15) is 16.7 Å². The van der Waals surface area contributed by atoms with E-state index in [0.29, 0.717) is 11.2 Å². The normalized spacial score (nSPS) is 11.2. The summed E-state index contributed by atoms with van der Waals surface area (Å²) < 4.78 is 42.4. The SMILES string of the molecule is O=S(=O)(Nc1nccc(C#Cc2cnc3[nH]ncc3c2)c1F)c1ccc(Cl)cc1CO. The number of nitrogens with one attached hydrogen (secondary N) is 2. The van der Waals surface area contributed by atoms with Gasteiger partial charge in [0.15, 0.2) is 17.3 Å². The molecule has 11 heteroatoms. The molecule has 156 valence electrons. The number of aliphatic hydroxyl groups is 1. The zero-order valence-electron chi connectivity index (χ0n) is 15.6. The molecule has 0 fully saturated rings. The van der Waals surface area contributed by atoms with Crippen molar-refractivity contribution in [3.8, 4) is 11.8 Å². The van der Waals surface area contributed by atoms with Crippen molar-refractivity contribution in [2.45, 2.75) is 11.5 Å². The van der Waals surface area contributed by atoms with Gasteiger partial charge in [0.25, 0.3) is 10.0 Å². The number of hydrogen-bond acceptors (Lipinski definition) is 6. The van der Waals surface area contributed by atoms with Gasteiger partial charge < -0.3 is 5.11 Å². The highest BCUT2D eigenvalue weighted by molar-refractivity contribution is 7.92. The summed E-state index contributed by atoms with van der Waals surface area (Å²) in [7, 11) is -4.24. The summed E-state index contributed by atoms with van der Waals surface area (Å²) >= 11 is 5.84. The lowest BCUT2D eigenvalue weighted by molar-refractivity contribution is 0.278. The van der Waals surface area contributed by atoms with Gasteiger partial charge in [0, 0.05) is 28.4 Å². The second-order valence-electron chi connectivity index (χ2n) is 6.32. The molecule has 4 aromatic rings. The minimum atomic E-state index is -4.24. The van der Waals surface area contributed by atoms with Crippen LogP contribution >= 0.6 is 11.6 Å². The molecule has 0 amide bonds. The molecule has 3 aromatic heterocycles. The van der Waals surface area contributed by atoms with Gasteiger partial charge in [0.1, 0.15) is 0 Å². The van der Waals surface area contributed by atoms with E-state index in [9.17, 15) is 17.9 Å². The number of fused-ring (bicyclic) bond motifs is 1. The van der Waals surface area contributed by atoms with Gasteiger partial charge in [-0.15, -0.1) is 0 Å². The molecule has 0 saturated carbocycles. The number of hydrogen-bond donors (Lipinski definition) is 3. The van der Waals surface area contributed by atoms with Crippen LogP contribution in [-0.2, 0) is 16.6 Å². The molecular formula is C20H13ClFN5O3S. The minimum Gasteiger partial charge on any atom is -0.392 e. The predicted octanol–water partition coefficient (Wildman–Crippen LogP) is 2.84. The summed E-state index contributed by atoms with van der Waals surface area (Å²) in [6.45, 7) is -0.562. The lowest BCUT2D eigenvalue weighted by atomic mass is 10.2.